The number of likely N-dealkylation sites (tertiary alicyclic amines) is 1. The number of nitrogens with zero attached hydrogens (tertiary/aromatic N) is 2. The van der Waals surface area contributed by atoms with Gasteiger partial charge in [-0.15, -0.1) is 0 Å². The maximum atomic E-state index is 5.75. The highest BCUT2D eigenvalue weighted by Crippen LogP contribution is 2.51. The Hall–Kier alpha value is -0.850. The molecule has 1 aliphatic carbocycles. The van der Waals surface area contributed by atoms with Crippen molar-refractivity contribution in [3.63, 3.8) is 0 Å². The van der Waals surface area contributed by atoms with Gasteiger partial charge in [-0.1, -0.05) is 13.8 Å². The van der Waals surface area contributed by atoms with Crippen LogP contribution in [0.25, 0.3) is 0 Å². The number of methoxy groups -OCH3 is 2. The monoisotopic (exact) mass is 355 g/mol. The fourth-order valence-corrected chi connectivity index (χ4v) is 3.82. The van der Waals surface area contributed by atoms with Gasteiger partial charge in [-0.25, -0.2) is 0 Å². The summed E-state index contributed by atoms with van der Waals surface area (Å²) in [7, 11) is 3.52. The average Bonchev–Trinajstić information content (AvgIpc) is 3.06. The number of aliphatic imine (C=N–C) groups is 1. The minimum Gasteiger partial charge on any atom is -0.382 e. The van der Waals surface area contributed by atoms with Crippen molar-refractivity contribution in [2.24, 2.45) is 16.3 Å². The molecule has 0 radical (unpaired) electrons. The Bertz CT molecular complexity index is 455. The fraction of sp³-hybridized carbons (Fsp3) is 0.947. The van der Waals surface area contributed by atoms with Crippen LogP contribution >= 0.6 is 0 Å². The summed E-state index contributed by atoms with van der Waals surface area (Å²) in [4.78, 5) is 7.12. The summed E-state index contributed by atoms with van der Waals surface area (Å²) in [5.41, 5.74) is 0.0172. The third-order valence-electron chi connectivity index (χ3n) is 6.26. The number of nitrogens with one attached hydrogen (secondary N) is 1. The molecule has 2 fully saturated rings. The summed E-state index contributed by atoms with van der Waals surface area (Å²) in [6.07, 6.45) is 2.16. The van der Waals surface area contributed by atoms with Crippen LogP contribution in [-0.2, 0) is 14.2 Å². The van der Waals surface area contributed by atoms with Crippen LogP contribution in [-0.4, -0.2) is 76.2 Å². The van der Waals surface area contributed by atoms with Gasteiger partial charge >= 0.3 is 0 Å². The first kappa shape index (κ1) is 20.5. The van der Waals surface area contributed by atoms with E-state index in [0.717, 1.165) is 45.0 Å². The third kappa shape index (κ3) is 4.47. The highest BCUT2D eigenvalue weighted by atomic mass is 16.5. The predicted molar refractivity (Wildman–Crippen MR) is 101 cm³/mol. The summed E-state index contributed by atoms with van der Waals surface area (Å²) >= 11 is 0. The summed E-state index contributed by atoms with van der Waals surface area (Å²) in [6.45, 7) is 13.8. The van der Waals surface area contributed by atoms with Gasteiger partial charge in [0.15, 0.2) is 5.96 Å². The molecule has 1 heterocycles. The van der Waals surface area contributed by atoms with Gasteiger partial charge in [0, 0.05) is 51.2 Å². The first-order valence-corrected chi connectivity index (χ1v) is 9.55. The molecule has 3 atom stereocenters. The van der Waals surface area contributed by atoms with Crippen molar-refractivity contribution < 1.29 is 14.2 Å². The Balaban J connectivity index is 1.87. The molecule has 146 valence electrons. The molecule has 0 aromatic rings. The molecule has 0 bridgehead atoms. The van der Waals surface area contributed by atoms with Crippen molar-refractivity contribution in [1.82, 2.24) is 10.2 Å². The zero-order valence-corrected chi connectivity index (χ0v) is 16.9. The van der Waals surface area contributed by atoms with E-state index in [-0.39, 0.29) is 11.0 Å². The second-order valence-electron chi connectivity index (χ2n) is 8.02. The molecule has 6 heteroatoms. The molecular weight excluding hydrogens is 318 g/mol. The van der Waals surface area contributed by atoms with Crippen molar-refractivity contribution in [3.05, 3.63) is 0 Å². The molecule has 2 aliphatic rings. The van der Waals surface area contributed by atoms with Gasteiger partial charge in [-0.3, -0.25) is 4.99 Å². The van der Waals surface area contributed by atoms with E-state index in [1.54, 1.807) is 7.11 Å². The molecule has 2 rings (SSSR count). The molecule has 1 saturated heterocycles. The number of ether oxygens (including phenoxy) is 3. The number of hydrogen-bond acceptors (Lipinski definition) is 4. The molecule has 0 aromatic heterocycles. The molecule has 0 spiro atoms. The van der Waals surface area contributed by atoms with Crippen LogP contribution in [0.1, 0.15) is 40.5 Å². The zero-order valence-electron chi connectivity index (χ0n) is 16.9. The van der Waals surface area contributed by atoms with Crippen LogP contribution in [0.4, 0.5) is 0 Å². The highest BCUT2D eigenvalue weighted by Gasteiger charge is 2.58. The van der Waals surface area contributed by atoms with Crippen molar-refractivity contribution in [2.45, 2.75) is 52.2 Å². The van der Waals surface area contributed by atoms with Crippen LogP contribution in [0.5, 0.6) is 0 Å². The maximum Gasteiger partial charge on any atom is 0.194 e. The Labute approximate surface area is 153 Å². The summed E-state index contributed by atoms with van der Waals surface area (Å²) in [5, 5.41) is 3.71. The van der Waals surface area contributed by atoms with E-state index >= 15 is 0 Å². The van der Waals surface area contributed by atoms with E-state index < -0.39 is 0 Å². The second kappa shape index (κ2) is 8.69. The van der Waals surface area contributed by atoms with E-state index in [9.17, 15) is 0 Å². The topological polar surface area (TPSA) is 55.3 Å². The van der Waals surface area contributed by atoms with Gasteiger partial charge < -0.3 is 24.4 Å². The minimum absolute atomic E-state index is 0.0648. The zero-order chi connectivity index (χ0) is 18.5. The molecule has 6 nitrogen and oxygen atoms in total. The van der Waals surface area contributed by atoms with E-state index in [1.807, 2.05) is 7.11 Å². The average molecular weight is 356 g/mol. The van der Waals surface area contributed by atoms with Gasteiger partial charge in [0.1, 0.15) is 0 Å². The molecule has 3 unspecified atom stereocenters. The number of guanidine groups is 1. The van der Waals surface area contributed by atoms with E-state index in [2.05, 4.69) is 37.9 Å². The Morgan fingerprint density at radius 2 is 2.00 bits per heavy atom. The van der Waals surface area contributed by atoms with Gasteiger partial charge in [0.2, 0.25) is 0 Å². The minimum atomic E-state index is -0.0648. The van der Waals surface area contributed by atoms with Crippen molar-refractivity contribution >= 4 is 5.96 Å². The first-order chi connectivity index (χ1) is 11.9. The smallest absolute Gasteiger partial charge is 0.194 e. The lowest BCUT2D eigenvalue weighted by molar-refractivity contribution is -0.176. The van der Waals surface area contributed by atoms with E-state index in [1.165, 1.54) is 0 Å². The lowest BCUT2D eigenvalue weighted by atomic mass is 9.56. The molecule has 25 heavy (non-hydrogen) atoms. The van der Waals surface area contributed by atoms with E-state index in [0.29, 0.717) is 25.2 Å². The molecule has 1 aliphatic heterocycles. The molecule has 0 amide bonds. The lowest BCUT2D eigenvalue weighted by Gasteiger charge is -2.59. The molecule has 1 saturated carbocycles. The van der Waals surface area contributed by atoms with Crippen LogP contribution < -0.4 is 5.32 Å². The standard InChI is InChI=1S/C19H37N3O3/c1-7-20-17(21-16-12-19(4,24-6)18(16,2)3)22-9-8-15(13-22)14-25-11-10-23-5/h15-16H,7-14H2,1-6H3,(H,20,21). The number of rotatable bonds is 8. The SMILES string of the molecule is CCN=C(NC1CC(C)(OC)C1(C)C)N1CCC(COCCOC)C1. The second-order valence-corrected chi connectivity index (χ2v) is 8.02. The fourth-order valence-electron chi connectivity index (χ4n) is 3.82. The maximum absolute atomic E-state index is 5.75. The van der Waals surface area contributed by atoms with Crippen molar-refractivity contribution in [1.29, 1.82) is 0 Å². The Morgan fingerprint density at radius 1 is 1.24 bits per heavy atom. The van der Waals surface area contributed by atoms with Crippen LogP contribution in [0.3, 0.4) is 0 Å². The van der Waals surface area contributed by atoms with E-state index in [4.69, 9.17) is 19.2 Å². The summed E-state index contributed by atoms with van der Waals surface area (Å²) < 4.78 is 16.5. The van der Waals surface area contributed by atoms with Gasteiger partial charge in [-0.2, -0.15) is 0 Å². The quantitative estimate of drug-likeness (QED) is 0.411. The molecular formula is C19H37N3O3. The van der Waals surface area contributed by atoms with Gasteiger partial charge in [0.05, 0.1) is 25.4 Å². The predicted octanol–water partition coefficient (Wildman–Crippen LogP) is 2.14. The molecule has 0 aromatic carbocycles. The lowest BCUT2D eigenvalue weighted by Crippen LogP contribution is -2.69. The van der Waals surface area contributed by atoms with Crippen LogP contribution in [0.15, 0.2) is 4.99 Å². The summed E-state index contributed by atoms with van der Waals surface area (Å²) in [6, 6.07) is 0.389. The Kier molecular flexibility index (Phi) is 7.11. The third-order valence-corrected chi connectivity index (χ3v) is 6.26. The highest BCUT2D eigenvalue weighted by molar-refractivity contribution is 5.81. The summed E-state index contributed by atoms with van der Waals surface area (Å²) in [5.74, 6) is 1.61. The largest absolute Gasteiger partial charge is 0.382 e. The van der Waals surface area contributed by atoms with Gasteiger partial charge in [0.25, 0.3) is 0 Å². The first-order valence-electron chi connectivity index (χ1n) is 9.55. The Morgan fingerprint density at radius 3 is 2.60 bits per heavy atom. The van der Waals surface area contributed by atoms with Gasteiger partial charge in [-0.05, 0) is 26.7 Å². The van der Waals surface area contributed by atoms with Crippen LogP contribution in [0.2, 0.25) is 0 Å². The van der Waals surface area contributed by atoms with Crippen molar-refractivity contribution in [3.8, 4) is 0 Å². The van der Waals surface area contributed by atoms with Crippen LogP contribution in [0, 0.1) is 11.3 Å². The number of hydrogen-bond donors (Lipinski definition) is 1. The van der Waals surface area contributed by atoms with Crippen molar-refractivity contribution in [2.75, 3.05) is 53.7 Å². The normalized spacial score (nSPS) is 31.9. The molecule has 1 N–H and O–H groups in total.